The molecule has 0 radical (unpaired) electrons. The van der Waals surface area contributed by atoms with Gasteiger partial charge >= 0.3 is 5.97 Å². The van der Waals surface area contributed by atoms with Crippen molar-refractivity contribution in [2.24, 2.45) is 0 Å². The number of hydrogen-bond donors (Lipinski definition) is 0. The number of methoxy groups -OCH3 is 1. The molecule has 0 saturated heterocycles. The molecule has 0 bridgehead atoms. The highest BCUT2D eigenvalue weighted by Crippen LogP contribution is 2.18. The number of carbonyl (C=O) groups is 1. The summed E-state index contributed by atoms with van der Waals surface area (Å²) in [5.41, 5.74) is 1.89. The molecule has 0 amide bonds. The maximum Gasteiger partial charge on any atom is 0.303 e. The lowest BCUT2D eigenvalue weighted by molar-refractivity contribution is -0.148. The van der Waals surface area contributed by atoms with Crippen LogP contribution in [0.3, 0.4) is 0 Å². The van der Waals surface area contributed by atoms with Crippen LogP contribution < -0.4 is 9.47 Å². The number of aromatic nitrogens is 2. The minimum absolute atomic E-state index is 0. The molecule has 1 unspecified atom stereocenters. The number of nitrogens with zero attached hydrogens (tertiary/aromatic N) is 2. The third-order valence-corrected chi connectivity index (χ3v) is 3.76. The van der Waals surface area contributed by atoms with Gasteiger partial charge in [-0.1, -0.05) is 12.1 Å². The highest BCUT2D eigenvalue weighted by atomic mass is 35.5. The number of hydrogen-bond acceptors (Lipinski definition) is 5. The third kappa shape index (κ3) is 4.89. The Hall–Kier alpha value is -2.73. The van der Waals surface area contributed by atoms with E-state index in [0.717, 1.165) is 16.8 Å². The van der Waals surface area contributed by atoms with Gasteiger partial charge in [0.1, 0.15) is 18.1 Å². The van der Waals surface area contributed by atoms with Crippen molar-refractivity contribution in [1.82, 2.24) is 9.55 Å². The molecule has 0 saturated carbocycles. The van der Waals surface area contributed by atoms with Crippen LogP contribution in [0.5, 0.6) is 11.5 Å². The Bertz CT molecular complexity index is 848. The zero-order chi connectivity index (χ0) is 17.6. The van der Waals surface area contributed by atoms with E-state index in [4.69, 9.17) is 14.2 Å². The summed E-state index contributed by atoms with van der Waals surface area (Å²) in [4.78, 5) is 15.8. The minimum atomic E-state index is -0.419. The molecule has 0 aliphatic heterocycles. The van der Waals surface area contributed by atoms with Gasteiger partial charge in [0.15, 0.2) is 6.10 Å². The van der Waals surface area contributed by atoms with E-state index >= 15 is 0 Å². The van der Waals surface area contributed by atoms with Crippen LogP contribution in [0.15, 0.2) is 54.9 Å². The third-order valence-electron chi connectivity index (χ3n) is 3.76. The maximum absolute atomic E-state index is 11.4. The van der Waals surface area contributed by atoms with Crippen LogP contribution in [0.1, 0.15) is 6.92 Å². The van der Waals surface area contributed by atoms with Crippen molar-refractivity contribution in [3.05, 3.63) is 54.9 Å². The number of esters is 1. The van der Waals surface area contributed by atoms with Crippen LogP contribution in [-0.4, -0.2) is 35.3 Å². The van der Waals surface area contributed by atoms with Gasteiger partial charge in [0, 0.05) is 6.92 Å². The van der Waals surface area contributed by atoms with Gasteiger partial charge in [-0.3, -0.25) is 4.79 Å². The highest BCUT2D eigenvalue weighted by Gasteiger charge is 2.16. The van der Waals surface area contributed by atoms with Crippen LogP contribution in [0.25, 0.3) is 11.0 Å². The van der Waals surface area contributed by atoms with E-state index in [9.17, 15) is 4.79 Å². The molecule has 3 rings (SSSR count). The first-order chi connectivity index (χ1) is 12.2. The van der Waals surface area contributed by atoms with E-state index in [0.29, 0.717) is 12.3 Å². The second-order valence-corrected chi connectivity index (χ2v) is 5.60. The Balaban J connectivity index is 0.00000243. The Morgan fingerprint density at radius 2 is 1.81 bits per heavy atom. The molecule has 0 N–H and O–H groups in total. The summed E-state index contributed by atoms with van der Waals surface area (Å²) in [7, 11) is 1.61. The fraction of sp³-hybridized carbons (Fsp3) is 0.263. The second kappa shape index (κ2) is 9.10. The number of carbonyl (C=O) groups excluding carboxylic acids is 1. The summed E-state index contributed by atoms with van der Waals surface area (Å²) in [6.45, 7) is 2.11. The lowest BCUT2D eigenvalue weighted by Crippen LogP contribution is -2.28. The summed E-state index contributed by atoms with van der Waals surface area (Å²) in [5.74, 6) is 1.11. The van der Waals surface area contributed by atoms with Gasteiger partial charge in [0.05, 0.1) is 31.0 Å². The summed E-state index contributed by atoms with van der Waals surface area (Å²) < 4.78 is 18.2. The number of ether oxygens (including phenoxy) is 3. The lowest BCUT2D eigenvalue weighted by Gasteiger charge is -2.19. The normalized spacial score (nSPS) is 11.5. The van der Waals surface area contributed by atoms with Gasteiger partial charge in [-0.2, -0.15) is 0 Å². The average Bonchev–Trinajstić information content (AvgIpc) is 3.03. The molecule has 1 aromatic heterocycles. The molecule has 0 aliphatic rings. The largest absolute Gasteiger partial charge is 0.497 e. The Morgan fingerprint density at radius 3 is 2.50 bits per heavy atom. The zero-order valence-corrected chi connectivity index (χ0v) is 15.4. The number of benzene rings is 2. The molecule has 26 heavy (non-hydrogen) atoms. The van der Waals surface area contributed by atoms with E-state index in [-0.39, 0.29) is 25.0 Å². The van der Waals surface area contributed by atoms with Crippen LogP contribution in [0.2, 0.25) is 0 Å². The molecule has 138 valence electrons. The standard InChI is InChI=1S/C19H20N2O4.ClH/c1-14(22)25-17(12-24-16-9-7-15(23-2)8-10-16)11-21-13-20-18-5-3-4-6-19(18)21;/h3-10,13,17H,11-12H2,1-2H3;1H. The van der Waals surface area contributed by atoms with Crippen molar-refractivity contribution >= 4 is 29.4 Å². The van der Waals surface area contributed by atoms with Crippen LogP contribution in [0, 0.1) is 0 Å². The number of imidazole rings is 1. The number of rotatable bonds is 7. The van der Waals surface area contributed by atoms with Gasteiger partial charge in [-0.15, -0.1) is 12.4 Å². The second-order valence-electron chi connectivity index (χ2n) is 5.60. The zero-order valence-electron chi connectivity index (χ0n) is 14.6. The summed E-state index contributed by atoms with van der Waals surface area (Å²) in [6, 6.07) is 15.1. The van der Waals surface area contributed by atoms with E-state index in [2.05, 4.69) is 4.98 Å². The predicted molar refractivity (Wildman–Crippen MR) is 101 cm³/mol. The molecule has 1 heterocycles. The fourth-order valence-corrected chi connectivity index (χ4v) is 2.59. The molecule has 0 aliphatic carbocycles. The van der Waals surface area contributed by atoms with Crippen molar-refractivity contribution in [2.45, 2.75) is 19.6 Å². The average molecular weight is 377 g/mol. The van der Waals surface area contributed by atoms with E-state index < -0.39 is 6.10 Å². The van der Waals surface area contributed by atoms with Gasteiger partial charge in [-0.25, -0.2) is 4.98 Å². The first-order valence-corrected chi connectivity index (χ1v) is 7.99. The van der Waals surface area contributed by atoms with Crippen molar-refractivity contribution < 1.29 is 19.0 Å². The van der Waals surface area contributed by atoms with Crippen molar-refractivity contribution in [3.63, 3.8) is 0 Å². The molecular formula is C19H21ClN2O4. The first-order valence-electron chi connectivity index (χ1n) is 7.99. The lowest BCUT2D eigenvalue weighted by atomic mass is 10.3. The monoisotopic (exact) mass is 376 g/mol. The Labute approximate surface area is 158 Å². The minimum Gasteiger partial charge on any atom is -0.497 e. The van der Waals surface area contributed by atoms with Crippen molar-refractivity contribution in [2.75, 3.05) is 13.7 Å². The molecule has 7 heteroatoms. The van der Waals surface area contributed by atoms with Gasteiger partial charge < -0.3 is 18.8 Å². The summed E-state index contributed by atoms with van der Waals surface area (Å²) >= 11 is 0. The predicted octanol–water partition coefficient (Wildman–Crippen LogP) is 3.48. The topological polar surface area (TPSA) is 62.6 Å². The summed E-state index contributed by atoms with van der Waals surface area (Å²) in [5, 5.41) is 0. The molecule has 6 nitrogen and oxygen atoms in total. The van der Waals surface area contributed by atoms with Crippen LogP contribution in [-0.2, 0) is 16.1 Å². The highest BCUT2D eigenvalue weighted by molar-refractivity contribution is 5.85. The quantitative estimate of drug-likeness (QED) is 0.591. The van der Waals surface area contributed by atoms with Crippen LogP contribution in [0.4, 0.5) is 0 Å². The first kappa shape index (κ1) is 19.6. The molecule has 3 aromatic rings. The van der Waals surface area contributed by atoms with Gasteiger partial charge in [0.25, 0.3) is 0 Å². The molecule has 0 spiro atoms. The molecular weight excluding hydrogens is 356 g/mol. The van der Waals surface area contributed by atoms with Crippen molar-refractivity contribution in [3.8, 4) is 11.5 Å². The Morgan fingerprint density at radius 1 is 1.12 bits per heavy atom. The fourth-order valence-electron chi connectivity index (χ4n) is 2.59. The smallest absolute Gasteiger partial charge is 0.303 e. The molecule has 2 aromatic carbocycles. The number of para-hydroxylation sites is 2. The number of halogens is 1. The van der Waals surface area contributed by atoms with Gasteiger partial charge in [0.2, 0.25) is 0 Å². The van der Waals surface area contributed by atoms with E-state index in [1.807, 2.05) is 53.1 Å². The Kier molecular flexibility index (Phi) is 6.86. The SMILES string of the molecule is COc1ccc(OCC(Cn2cnc3ccccc32)OC(C)=O)cc1.Cl. The molecule has 0 fully saturated rings. The van der Waals surface area contributed by atoms with Crippen LogP contribution >= 0.6 is 12.4 Å². The molecule has 1 atom stereocenters. The maximum atomic E-state index is 11.4. The van der Waals surface area contributed by atoms with E-state index in [1.165, 1.54) is 6.92 Å². The van der Waals surface area contributed by atoms with Gasteiger partial charge in [-0.05, 0) is 36.4 Å². The van der Waals surface area contributed by atoms with E-state index in [1.54, 1.807) is 13.4 Å². The number of fused-ring (bicyclic) bond motifs is 1. The van der Waals surface area contributed by atoms with Crippen molar-refractivity contribution in [1.29, 1.82) is 0 Å². The summed E-state index contributed by atoms with van der Waals surface area (Å²) in [6.07, 6.45) is 1.33.